The van der Waals surface area contributed by atoms with Gasteiger partial charge in [0, 0.05) is 6.42 Å². The van der Waals surface area contributed by atoms with Gasteiger partial charge in [-0.3, -0.25) is 9.59 Å². The second-order valence-electron chi connectivity index (χ2n) is 3.56. The molecule has 0 spiro atoms. The quantitative estimate of drug-likeness (QED) is 0.656. The van der Waals surface area contributed by atoms with Gasteiger partial charge in [0.25, 0.3) is 0 Å². The van der Waals surface area contributed by atoms with E-state index in [1.165, 1.54) is 4.90 Å². The Hall–Kier alpha value is -1.20. The Morgan fingerprint density at radius 1 is 1.31 bits per heavy atom. The summed E-state index contributed by atoms with van der Waals surface area (Å²) in [7, 11) is 0. The second-order valence-corrected chi connectivity index (χ2v) is 4.67. The Balaban J connectivity index is 2.30. The molecule has 1 aliphatic rings. The normalized spacial score (nSPS) is 20.6. The standard InChI is InChI=1S/C11H10BrNO3/c12-9-5-10(15)13(11(9)16)8-3-1-7(6-14)2-4-8/h1-4,9,14H,5-6H2. The van der Waals surface area contributed by atoms with Gasteiger partial charge in [0.05, 0.1) is 12.3 Å². The maximum atomic E-state index is 11.7. The molecule has 5 heteroatoms. The molecule has 1 saturated heterocycles. The molecule has 1 N–H and O–H groups in total. The molecule has 1 fully saturated rings. The molecule has 16 heavy (non-hydrogen) atoms. The number of halogens is 1. The molecule has 2 rings (SSSR count). The summed E-state index contributed by atoms with van der Waals surface area (Å²) >= 11 is 3.16. The number of hydrogen-bond donors (Lipinski definition) is 1. The summed E-state index contributed by atoms with van der Waals surface area (Å²) in [5.74, 6) is -0.439. The minimum absolute atomic E-state index is 0.0523. The second kappa shape index (κ2) is 4.35. The first-order valence-electron chi connectivity index (χ1n) is 4.84. The first kappa shape index (κ1) is 11.3. The third-order valence-electron chi connectivity index (χ3n) is 2.47. The van der Waals surface area contributed by atoms with Crippen molar-refractivity contribution in [3.8, 4) is 0 Å². The minimum atomic E-state index is -0.419. The number of alkyl halides is 1. The van der Waals surface area contributed by atoms with Crippen LogP contribution in [0.15, 0.2) is 24.3 Å². The Kier molecular flexibility index (Phi) is 3.07. The van der Waals surface area contributed by atoms with Crippen molar-refractivity contribution in [2.75, 3.05) is 4.90 Å². The van der Waals surface area contributed by atoms with Crippen molar-refractivity contribution in [2.24, 2.45) is 0 Å². The Labute approximate surface area is 101 Å². The van der Waals surface area contributed by atoms with Gasteiger partial charge in [0.15, 0.2) is 0 Å². The van der Waals surface area contributed by atoms with E-state index in [1.54, 1.807) is 24.3 Å². The zero-order valence-corrected chi connectivity index (χ0v) is 9.98. The van der Waals surface area contributed by atoms with Crippen molar-refractivity contribution in [1.29, 1.82) is 0 Å². The van der Waals surface area contributed by atoms with Gasteiger partial charge < -0.3 is 5.11 Å². The molecule has 1 aliphatic heterocycles. The monoisotopic (exact) mass is 283 g/mol. The van der Waals surface area contributed by atoms with E-state index >= 15 is 0 Å². The first-order valence-corrected chi connectivity index (χ1v) is 5.75. The van der Waals surface area contributed by atoms with Gasteiger partial charge in [0.2, 0.25) is 11.8 Å². The van der Waals surface area contributed by atoms with Crippen LogP contribution in [0.1, 0.15) is 12.0 Å². The van der Waals surface area contributed by atoms with Crippen molar-refractivity contribution < 1.29 is 14.7 Å². The number of anilines is 1. The van der Waals surface area contributed by atoms with E-state index in [1.807, 2.05) is 0 Å². The average molecular weight is 284 g/mol. The number of hydrogen-bond acceptors (Lipinski definition) is 3. The highest BCUT2D eigenvalue weighted by Crippen LogP contribution is 2.26. The van der Waals surface area contributed by atoms with Crippen LogP contribution in [0.4, 0.5) is 5.69 Å². The number of carbonyl (C=O) groups excluding carboxylic acids is 2. The lowest BCUT2D eigenvalue weighted by atomic mass is 10.2. The van der Waals surface area contributed by atoms with Crippen LogP contribution in [-0.4, -0.2) is 21.7 Å². The van der Waals surface area contributed by atoms with E-state index in [9.17, 15) is 9.59 Å². The van der Waals surface area contributed by atoms with E-state index in [2.05, 4.69) is 15.9 Å². The number of amides is 2. The summed E-state index contributed by atoms with van der Waals surface area (Å²) in [6, 6.07) is 6.70. The number of nitrogens with zero attached hydrogens (tertiary/aromatic N) is 1. The maximum Gasteiger partial charge on any atom is 0.248 e. The summed E-state index contributed by atoms with van der Waals surface area (Å²) in [5.41, 5.74) is 1.30. The molecular weight excluding hydrogens is 274 g/mol. The topological polar surface area (TPSA) is 57.6 Å². The highest BCUT2D eigenvalue weighted by atomic mass is 79.9. The third-order valence-corrected chi connectivity index (χ3v) is 3.18. The van der Waals surface area contributed by atoms with Gasteiger partial charge in [-0.1, -0.05) is 28.1 Å². The van der Waals surface area contributed by atoms with Crippen molar-refractivity contribution in [1.82, 2.24) is 0 Å². The number of carbonyl (C=O) groups is 2. The molecule has 0 radical (unpaired) electrons. The average Bonchev–Trinajstić information content (AvgIpc) is 2.54. The van der Waals surface area contributed by atoms with E-state index < -0.39 is 4.83 Å². The highest BCUT2D eigenvalue weighted by Gasteiger charge is 2.37. The lowest BCUT2D eigenvalue weighted by molar-refractivity contribution is -0.121. The van der Waals surface area contributed by atoms with Crippen LogP contribution in [0.2, 0.25) is 0 Å². The predicted octanol–water partition coefficient (Wildman–Crippen LogP) is 1.21. The maximum absolute atomic E-state index is 11.7. The highest BCUT2D eigenvalue weighted by molar-refractivity contribution is 9.10. The third kappa shape index (κ3) is 1.88. The molecule has 1 aromatic carbocycles. The van der Waals surface area contributed by atoms with Gasteiger partial charge in [0.1, 0.15) is 4.83 Å². The zero-order chi connectivity index (χ0) is 11.7. The van der Waals surface area contributed by atoms with Gasteiger partial charge in [-0.15, -0.1) is 0 Å². The number of benzene rings is 1. The van der Waals surface area contributed by atoms with Crippen molar-refractivity contribution in [2.45, 2.75) is 17.9 Å². The molecule has 0 saturated carbocycles. The molecule has 1 unspecified atom stereocenters. The molecule has 1 atom stereocenters. The molecule has 84 valence electrons. The Morgan fingerprint density at radius 3 is 2.38 bits per heavy atom. The van der Waals surface area contributed by atoms with Gasteiger partial charge >= 0.3 is 0 Å². The zero-order valence-electron chi connectivity index (χ0n) is 8.39. The van der Waals surface area contributed by atoms with Crippen LogP contribution in [0, 0.1) is 0 Å². The fourth-order valence-electron chi connectivity index (χ4n) is 1.62. The summed E-state index contributed by atoms with van der Waals surface area (Å²) in [5, 5.41) is 8.88. The fourth-order valence-corrected chi connectivity index (χ4v) is 2.10. The first-order chi connectivity index (χ1) is 7.63. The summed E-state index contributed by atoms with van der Waals surface area (Å²) in [4.78, 5) is 24.0. The largest absolute Gasteiger partial charge is 0.392 e. The molecule has 2 amide bonds. The molecule has 0 aromatic heterocycles. The summed E-state index contributed by atoms with van der Waals surface area (Å²) in [6.07, 6.45) is 0.195. The SMILES string of the molecule is O=C1CC(Br)C(=O)N1c1ccc(CO)cc1. The van der Waals surface area contributed by atoms with E-state index in [0.29, 0.717) is 5.69 Å². The lowest BCUT2D eigenvalue weighted by Crippen LogP contribution is -2.30. The van der Waals surface area contributed by atoms with Crippen LogP contribution < -0.4 is 4.90 Å². The van der Waals surface area contributed by atoms with Crippen LogP contribution in [-0.2, 0) is 16.2 Å². The molecule has 0 bridgehead atoms. The Morgan fingerprint density at radius 2 is 1.94 bits per heavy atom. The molecule has 1 heterocycles. The van der Waals surface area contributed by atoms with Crippen molar-refractivity contribution in [3.05, 3.63) is 29.8 Å². The van der Waals surface area contributed by atoms with Gasteiger partial charge in [-0.05, 0) is 17.7 Å². The lowest BCUT2D eigenvalue weighted by Gasteiger charge is -2.14. The van der Waals surface area contributed by atoms with E-state index in [0.717, 1.165) is 5.56 Å². The number of rotatable bonds is 2. The Bertz CT molecular complexity index is 429. The minimum Gasteiger partial charge on any atom is -0.392 e. The number of aliphatic hydroxyl groups excluding tert-OH is 1. The number of imide groups is 1. The smallest absolute Gasteiger partial charge is 0.248 e. The van der Waals surface area contributed by atoms with Crippen LogP contribution in [0.3, 0.4) is 0 Å². The molecule has 4 nitrogen and oxygen atoms in total. The van der Waals surface area contributed by atoms with Crippen molar-refractivity contribution in [3.63, 3.8) is 0 Å². The number of aliphatic hydroxyl groups is 1. The van der Waals surface area contributed by atoms with Gasteiger partial charge in [-0.25, -0.2) is 4.90 Å². The van der Waals surface area contributed by atoms with Crippen molar-refractivity contribution >= 4 is 33.4 Å². The summed E-state index contributed by atoms with van der Waals surface area (Å²) < 4.78 is 0. The summed E-state index contributed by atoms with van der Waals surface area (Å²) in [6.45, 7) is -0.0523. The molecule has 1 aromatic rings. The molecule has 0 aliphatic carbocycles. The van der Waals surface area contributed by atoms with E-state index in [-0.39, 0.29) is 24.8 Å². The fraction of sp³-hybridized carbons (Fsp3) is 0.273. The van der Waals surface area contributed by atoms with Crippen LogP contribution >= 0.6 is 15.9 Å². The predicted molar refractivity (Wildman–Crippen MR) is 62.2 cm³/mol. The van der Waals surface area contributed by atoms with Crippen LogP contribution in [0.5, 0.6) is 0 Å². The van der Waals surface area contributed by atoms with Gasteiger partial charge in [-0.2, -0.15) is 0 Å². The van der Waals surface area contributed by atoms with E-state index in [4.69, 9.17) is 5.11 Å². The molecular formula is C11H10BrNO3. The van der Waals surface area contributed by atoms with Crippen LogP contribution in [0.25, 0.3) is 0 Å².